The lowest BCUT2D eigenvalue weighted by molar-refractivity contribution is -0.120. The Morgan fingerprint density at radius 2 is 2.15 bits per heavy atom. The smallest absolute Gasteiger partial charge is 0.146 e. The second kappa shape index (κ2) is 7.04. The molecule has 0 aliphatic heterocycles. The SMILES string of the molecule is CCCC(=O)CN(C)C(C)COC. The summed E-state index contributed by atoms with van der Waals surface area (Å²) >= 11 is 0. The molecule has 0 bridgehead atoms. The summed E-state index contributed by atoms with van der Waals surface area (Å²) < 4.78 is 5.01. The maximum absolute atomic E-state index is 11.3. The van der Waals surface area contributed by atoms with Gasteiger partial charge >= 0.3 is 0 Å². The number of hydrogen-bond acceptors (Lipinski definition) is 3. The van der Waals surface area contributed by atoms with E-state index in [0.29, 0.717) is 31.4 Å². The van der Waals surface area contributed by atoms with Crippen molar-refractivity contribution in [2.24, 2.45) is 0 Å². The number of ether oxygens (including phenoxy) is 1. The Balaban J connectivity index is 3.71. The number of carbonyl (C=O) groups is 1. The monoisotopic (exact) mass is 187 g/mol. The van der Waals surface area contributed by atoms with E-state index in [2.05, 4.69) is 6.92 Å². The van der Waals surface area contributed by atoms with E-state index in [1.54, 1.807) is 7.11 Å². The number of ketones is 1. The molecule has 1 atom stereocenters. The fraction of sp³-hybridized carbons (Fsp3) is 0.900. The van der Waals surface area contributed by atoms with Crippen molar-refractivity contribution in [3.05, 3.63) is 0 Å². The highest BCUT2D eigenvalue weighted by molar-refractivity contribution is 5.80. The van der Waals surface area contributed by atoms with Crippen molar-refractivity contribution in [3.8, 4) is 0 Å². The van der Waals surface area contributed by atoms with E-state index in [4.69, 9.17) is 4.74 Å². The number of nitrogens with zero attached hydrogens (tertiary/aromatic N) is 1. The summed E-state index contributed by atoms with van der Waals surface area (Å²) in [5, 5.41) is 0. The molecule has 0 rings (SSSR count). The van der Waals surface area contributed by atoms with Crippen molar-refractivity contribution in [1.29, 1.82) is 0 Å². The number of hydrogen-bond donors (Lipinski definition) is 0. The summed E-state index contributed by atoms with van der Waals surface area (Å²) in [6, 6.07) is 0.311. The van der Waals surface area contributed by atoms with Gasteiger partial charge in [-0.25, -0.2) is 0 Å². The van der Waals surface area contributed by atoms with Gasteiger partial charge in [-0.2, -0.15) is 0 Å². The summed E-state index contributed by atoms with van der Waals surface area (Å²) in [6.45, 7) is 5.30. The second-order valence-electron chi connectivity index (χ2n) is 3.51. The number of methoxy groups -OCH3 is 1. The fourth-order valence-corrected chi connectivity index (χ4v) is 1.16. The molecule has 78 valence electrons. The molecule has 0 heterocycles. The molecule has 0 aromatic carbocycles. The molecule has 0 aromatic rings. The van der Waals surface area contributed by atoms with Crippen molar-refractivity contribution < 1.29 is 9.53 Å². The van der Waals surface area contributed by atoms with E-state index in [0.717, 1.165) is 6.42 Å². The molecule has 0 aliphatic rings. The number of carbonyl (C=O) groups excluding carboxylic acids is 1. The second-order valence-corrected chi connectivity index (χ2v) is 3.51. The van der Waals surface area contributed by atoms with Crippen molar-refractivity contribution >= 4 is 5.78 Å². The van der Waals surface area contributed by atoms with Gasteiger partial charge < -0.3 is 4.74 Å². The predicted molar refractivity (Wildman–Crippen MR) is 53.9 cm³/mol. The van der Waals surface area contributed by atoms with Crippen molar-refractivity contribution in [3.63, 3.8) is 0 Å². The Morgan fingerprint density at radius 3 is 2.62 bits per heavy atom. The van der Waals surface area contributed by atoms with Crippen LogP contribution in [0.2, 0.25) is 0 Å². The van der Waals surface area contributed by atoms with Crippen LogP contribution in [0.3, 0.4) is 0 Å². The van der Waals surface area contributed by atoms with Gasteiger partial charge in [0.25, 0.3) is 0 Å². The fourth-order valence-electron chi connectivity index (χ4n) is 1.16. The minimum atomic E-state index is 0.311. The highest BCUT2D eigenvalue weighted by Crippen LogP contribution is 1.98. The van der Waals surface area contributed by atoms with Crippen LogP contribution in [0.1, 0.15) is 26.7 Å². The van der Waals surface area contributed by atoms with Gasteiger partial charge in [0.1, 0.15) is 5.78 Å². The van der Waals surface area contributed by atoms with Gasteiger partial charge in [-0.05, 0) is 20.4 Å². The molecule has 0 spiro atoms. The normalized spacial score (nSPS) is 13.3. The van der Waals surface area contributed by atoms with Crippen molar-refractivity contribution in [1.82, 2.24) is 4.90 Å². The van der Waals surface area contributed by atoms with Gasteiger partial charge in [0, 0.05) is 19.6 Å². The minimum absolute atomic E-state index is 0.311. The van der Waals surface area contributed by atoms with Crippen LogP contribution in [0.15, 0.2) is 0 Å². The molecule has 3 nitrogen and oxygen atoms in total. The van der Waals surface area contributed by atoms with E-state index in [9.17, 15) is 4.79 Å². The van der Waals surface area contributed by atoms with Crippen LogP contribution in [0.25, 0.3) is 0 Å². The lowest BCUT2D eigenvalue weighted by atomic mass is 10.2. The highest BCUT2D eigenvalue weighted by atomic mass is 16.5. The summed E-state index contributed by atoms with van der Waals surface area (Å²) in [6.07, 6.45) is 1.62. The van der Waals surface area contributed by atoms with E-state index < -0.39 is 0 Å². The zero-order valence-electron chi connectivity index (χ0n) is 9.17. The van der Waals surface area contributed by atoms with Crippen LogP contribution in [0, 0.1) is 0 Å². The average molecular weight is 187 g/mol. The molecule has 0 saturated carbocycles. The Kier molecular flexibility index (Phi) is 6.82. The van der Waals surface area contributed by atoms with Gasteiger partial charge in [0.2, 0.25) is 0 Å². The highest BCUT2D eigenvalue weighted by Gasteiger charge is 2.11. The third kappa shape index (κ3) is 5.77. The van der Waals surface area contributed by atoms with Crippen LogP contribution < -0.4 is 0 Å². The quantitative estimate of drug-likeness (QED) is 0.602. The Bertz CT molecular complexity index is 148. The molecule has 0 aromatic heterocycles. The number of likely N-dealkylation sites (N-methyl/N-ethyl adjacent to an activating group) is 1. The van der Waals surface area contributed by atoms with Gasteiger partial charge in [0.15, 0.2) is 0 Å². The Morgan fingerprint density at radius 1 is 1.54 bits per heavy atom. The molecule has 0 aliphatic carbocycles. The molecule has 0 radical (unpaired) electrons. The Hall–Kier alpha value is -0.410. The topological polar surface area (TPSA) is 29.5 Å². The molecule has 0 fully saturated rings. The maximum atomic E-state index is 11.3. The molecule has 1 unspecified atom stereocenters. The third-order valence-electron chi connectivity index (χ3n) is 2.11. The van der Waals surface area contributed by atoms with Crippen LogP contribution >= 0.6 is 0 Å². The lowest BCUT2D eigenvalue weighted by Gasteiger charge is -2.22. The first-order valence-electron chi connectivity index (χ1n) is 4.82. The molecular weight excluding hydrogens is 166 g/mol. The summed E-state index contributed by atoms with van der Waals surface area (Å²) in [7, 11) is 3.63. The van der Waals surface area contributed by atoms with E-state index in [-0.39, 0.29) is 0 Å². The number of rotatable bonds is 7. The number of Topliss-reactive ketones (excluding diaryl/α,β-unsaturated/α-hetero) is 1. The van der Waals surface area contributed by atoms with Crippen LogP contribution in [-0.4, -0.2) is 44.0 Å². The minimum Gasteiger partial charge on any atom is -0.383 e. The largest absolute Gasteiger partial charge is 0.383 e. The third-order valence-corrected chi connectivity index (χ3v) is 2.11. The van der Waals surface area contributed by atoms with Gasteiger partial charge in [-0.15, -0.1) is 0 Å². The Labute approximate surface area is 81.1 Å². The van der Waals surface area contributed by atoms with Crippen LogP contribution in [0.4, 0.5) is 0 Å². The zero-order valence-corrected chi connectivity index (χ0v) is 9.17. The molecular formula is C10H21NO2. The van der Waals surface area contributed by atoms with Gasteiger partial charge in [-0.1, -0.05) is 6.92 Å². The van der Waals surface area contributed by atoms with E-state index in [1.165, 1.54) is 0 Å². The molecule has 13 heavy (non-hydrogen) atoms. The van der Waals surface area contributed by atoms with Crippen molar-refractivity contribution in [2.45, 2.75) is 32.7 Å². The van der Waals surface area contributed by atoms with E-state index >= 15 is 0 Å². The average Bonchev–Trinajstić information content (AvgIpc) is 2.05. The van der Waals surface area contributed by atoms with Gasteiger partial charge in [0.05, 0.1) is 13.2 Å². The van der Waals surface area contributed by atoms with Crippen molar-refractivity contribution in [2.75, 3.05) is 27.3 Å². The molecule has 0 amide bonds. The predicted octanol–water partition coefficient (Wildman–Crippen LogP) is 1.32. The van der Waals surface area contributed by atoms with E-state index in [1.807, 2.05) is 18.9 Å². The standard InChI is InChI=1S/C10H21NO2/c1-5-6-10(12)7-11(3)9(2)8-13-4/h9H,5-8H2,1-4H3. The van der Waals surface area contributed by atoms with Crippen LogP contribution in [0.5, 0.6) is 0 Å². The maximum Gasteiger partial charge on any atom is 0.146 e. The summed E-state index contributed by atoms with van der Waals surface area (Å²) in [4.78, 5) is 13.3. The lowest BCUT2D eigenvalue weighted by Crippen LogP contribution is -2.36. The molecule has 0 saturated heterocycles. The molecule has 0 N–H and O–H groups in total. The summed E-state index contributed by atoms with van der Waals surface area (Å²) in [5.41, 5.74) is 0. The summed E-state index contributed by atoms with van der Waals surface area (Å²) in [5.74, 6) is 0.313. The first-order chi connectivity index (χ1) is 6.11. The zero-order chi connectivity index (χ0) is 10.3. The van der Waals surface area contributed by atoms with Gasteiger partial charge in [-0.3, -0.25) is 9.69 Å². The molecule has 3 heteroatoms. The van der Waals surface area contributed by atoms with Crippen LogP contribution in [-0.2, 0) is 9.53 Å². The first-order valence-corrected chi connectivity index (χ1v) is 4.82. The first kappa shape index (κ1) is 12.6.